The molecule has 0 fully saturated rings. The molecule has 0 unspecified atom stereocenters. The molecule has 0 N–H and O–H groups in total. The summed E-state index contributed by atoms with van der Waals surface area (Å²) in [6.07, 6.45) is 1.48. The Balaban J connectivity index is 2.03. The number of aromatic nitrogens is 1. The summed E-state index contributed by atoms with van der Waals surface area (Å²) in [5.41, 5.74) is 4.53. The van der Waals surface area contributed by atoms with Gasteiger partial charge in [0.15, 0.2) is 5.78 Å². The first-order chi connectivity index (χ1) is 10.3. The molecule has 3 aromatic rings. The van der Waals surface area contributed by atoms with E-state index >= 15 is 0 Å². The third kappa shape index (κ3) is 1.69. The summed E-state index contributed by atoms with van der Waals surface area (Å²) in [6, 6.07) is 18.9. The van der Waals surface area contributed by atoms with Crippen LogP contribution in [0, 0.1) is 0 Å². The first-order valence-corrected chi connectivity index (χ1v) is 7.51. The van der Waals surface area contributed by atoms with Crippen LogP contribution in [0.5, 0.6) is 0 Å². The summed E-state index contributed by atoms with van der Waals surface area (Å²) < 4.78 is 2.26. The van der Waals surface area contributed by atoms with Crippen LogP contribution in [0.1, 0.15) is 41.0 Å². The lowest BCUT2D eigenvalue weighted by Crippen LogP contribution is -2.05. The van der Waals surface area contributed by atoms with Gasteiger partial charge in [-0.05, 0) is 23.6 Å². The van der Waals surface area contributed by atoms with E-state index < -0.39 is 0 Å². The maximum atomic E-state index is 12.6. The zero-order valence-corrected chi connectivity index (χ0v) is 12.0. The largest absolute Gasteiger partial charge is 0.330 e. The third-order valence-corrected chi connectivity index (χ3v) is 4.51. The monoisotopic (exact) mass is 275 g/mol. The van der Waals surface area contributed by atoms with Gasteiger partial charge in [-0.3, -0.25) is 4.79 Å². The van der Waals surface area contributed by atoms with Gasteiger partial charge in [0.1, 0.15) is 0 Å². The van der Waals surface area contributed by atoms with Crippen molar-refractivity contribution in [2.24, 2.45) is 0 Å². The van der Waals surface area contributed by atoms with Gasteiger partial charge in [-0.2, -0.15) is 0 Å². The summed E-state index contributed by atoms with van der Waals surface area (Å²) in [4.78, 5) is 12.6. The highest BCUT2D eigenvalue weighted by Crippen LogP contribution is 2.40. The molecule has 0 saturated carbocycles. The molecule has 1 atom stereocenters. The Morgan fingerprint density at radius 2 is 1.76 bits per heavy atom. The van der Waals surface area contributed by atoms with E-state index in [1.807, 2.05) is 18.2 Å². The Hall–Kier alpha value is -2.35. The van der Waals surface area contributed by atoms with Crippen LogP contribution in [0.25, 0.3) is 10.9 Å². The average molecular weight is 275 g/mol. The summed E-state index contributed by atoms with van der Waals surface area (Å²) in [5.74, 6) is 0.275. The number of carbonyl (C=O) groups is 1. The number of aryl methyl sites for hydroxylation is 1. The molecule has 0 bridgehead atoms. The second-order valence-corrected chi connectivity index (χ2v) is 5.62. The summed E-state index contributed by atoms with van der Waals surface area (Å²) >= 11 is 0. The minimum absolute atomic E-state index is 0.138. The zero-order valence-electron chi connectivity index (χ0n) is 12.0. The average Bonchev–Trinajstić information content (AvgIpc) is 3.04. The van der Waals surface area contributed by atoms with Gasteiger partial charge < -0.3 is 4.57 Å². The summed E-state index contributed by atoms with van der Waals surface area (Å²) in [7, 11) is 0. The molecule has 4 rings (SSSR count). The number of carbonyl (C=O) groups excluding carboxylic acids is 1. The Morgan fingerprint density at radius 3 is 2.52 bits per heavy atom. The van der Waals surface area contributed by atoms with Crippen molar-refractivity contribution >= 4 is 16.7 Å². The van der Waals surface area contributed by atoms with E-state index in [0.29, 0.717) is 6.42 Å². The Morgan fingerprint density at radius 1 is 1.05 bits per heavy atom. The lowest BCUT2D eigenvalue weighted by Gasteiger charge is -2.14. The Kier molecular flexibility index (Phi) is 2.71. The normalized spacial score (nSPS) is 17.4. The molecule has 0 spiro atoms. The standard InChI is InChI=1S/C19H17NO/c1-2-14-15-10-6-7-11-16(15)20-17(12-18(21)19(14)20)13-8-4-3-5-9-13/h3-11,17H,2,12H2,1H3/t17-/m0/s1. The lowest BCUT2D eigenvalue weighted by atomic mass is 10.0. The number of hydrogen-bond donors (Lipinski definition) is 0. The van der Waals surface area contributed by atoms with Gasteiger partial charge >= 0.3 is 0 Å². The van der Waals surface area contributed by atoms with Crippen LogP contribution in [0.3, 0.4) is 0 Å². The summed E-state index contributed by atoms with van der Waals surface area (Å²) in [5, 5.41) is 1.23. The first kappa shape index (κ1) is 12.4. The topological polar surface area (TPSA) is 22.0 Å². The highest BCUT2D eigenvalue weighted by Gasteiger charge is 2.34. The molecule has 2 heterocycles. The second kappa shape index (κ2) is 4.59. The predicted octanol–water partition coefficient (Wildman–Crippen LogP) is 4.38. The van der Waals surface area contributed by atoms with Crippen LogP contribution in [-0.4, -0.2) is 10.4 Å². The number of nitrogens with zero attached hydrogens (tertiary/aromatic N) is 1. The van der Waals surface area contributed by atoms with Crippen molar-refractivity contribution in [2.45, 2.75) is 25.8 Å². The lowest BCUT2D eigenvalue weighted by molar-refractivity contribution is 0.0990. The van der Waals surface area contributed by atoms with Crippen molar-refractivity contribution in [3.05, 3.63) is 71.4 Å². The van der Waals surface area contributed by atoms with Crippen LogP contribution in [0.2, 0.25) is 0 Å². The van der Waals surface area contributed by atoms with Crippen molar-refractivity contribution in [1.82, 2.24) is 4.57 Å². The molecule has 0 saturated heterocycles. The van der Waals surface area contributed by atoms with Crippen LogP contribution in [0.4, 0.5) is 0 Å². The zero-order chi connectivity index (χ0) is 14.4. The van der Waals surface area contributed by atoms with Crippen molar-refractivity contribution in [1.29, 1.82) is 0 Å². The van der Waals surface area contributed by atoms with Gasteiger partial charge in [0, 0.05) is 17.3 Å². The Labute approximate surface area is 124 Å². The van der Waals surface area contributed by atoms with E-state index in [0.717, 1.165) is 12.1 Å². The number of hydrogen-bond acceptors (Lipinski definition) is 1. The Bertz CT molecular complexity index is 829. The van der Waals surface area contributed by atoms with Crippen LogP contribution >= 0.6 is 0 Å². The number of para-hydroxylation sites is 1. The fourth-order valence-corrected chi connectivity index (χ4v) is 3.62. The van der Waals surface area contributed by atoms with Crippen LogP contribution in [-0.2, 0) is 6.42 Å². The highest BCUT2D eigenvalue weighted by atomic mass is 16.1. The smallest absolute Gasteiger partial charge is 0.181 e. The van der Waals surface area contributed by atoms with Gasteiger partial charge in [-0.1, -0.05) is 55.5 Å². The molecule has 2 heteroatoms. The minimum atomic E-state index is 0.138. The van der Waals surface area contributed by atoms with E-state index in [4.69, 9.17) is 0 Å². The predicted molar refractivity (Wildman–Crippen MR) is 84.8 cm³/mol. The van der Waals surface area contributed by atoms with E-state index in [1.54, 1.807) is 0 Å². The fourth-order valence-electron chi connectivity index (χ4n) is 3.62. The second-order valence-electron chi connectivity index (χ2n) is 5.62. The molecular formula is C19H17NO. The molecule has 2 nitrogen and oxygen atoms in total. The van der Waals surface area contributed by atoms with E-state index in [2.05, 4.69) is 47.9 Å². The van der Waals surface area contributed by atoms with Crippen molar-refractivity contribution in [2.75, 3.05) is 0 Å². The maximum Gasteiger partial charge on any atom is 0.181 e. The number of Topliss-reactive ketones (excluding diaryl/α,β-unsaturated/α-hetero) is 1. The number of benzene rings is 2. The molecule has 0 aliphatic carbocycles. The molecule has 1 aromatic heterocycles. The quantitative estimate of drug-likeness (QED) is 0.680. The van der Waals surface area contributed by atoms with Gasteiger partial charge in [0.05, 0.1) is 11.7 Å². The van der Waals surface area contributed by atoms with Gasteiger partial charge in [-0.25, -0.2) is 0 Å². The minimum Gasteiger partial charge on any atom is -0.330 e. The van der Waals surface area contributed by atoms with Gasteiger partial charge in [0.2, 0.25) is 0 Å². The summed E-state index contributed by atoms with van der Waals surface area (Å²) in [6.45, 7) is 2.13. The molecule has 1 aliphatic heterocycles. The molecule has 0 radical (unpaired) electrons. The van der Waals surface area contributed by atoms with Crippen LogP contribution < -0.4 is 0 Å². The highest BCUT2D eigenvalue weighted by molar-refractivity contribution is 6.05. The number of fused-ring (bicyclic) bond motifs is 3. The van der Waals surface area contributed by atoms with Gasteiger partial charge in [-0.15, -0.1) is 0 Å². The van der Waals surface area contributed by atoms with Crippen molar-refractivity contribution in [3.8, 4) is 0 Å². The first-order valence-electron chi connectivity index (χ1n) is 7.51. The third-order valence-electron chi connectivity index (χ3n) is 4.51. The van der Waals surface area contributed by atoms with Crippen molar-refractivity contribution in [3.63, 3.8) is 0 Å². The molecule has 1 aliphatic rings. The molecular weight excluding hydrogens is 258 g/mol. The molecule has 21 heavy (non-hydrogen) atoms. The van der Waals surface area contributed by atoms with Crippen molar-refractivity contribution < 1.29 is 4.79 Å². The van der Waals surface area contributed by atoms with E-state index in [-0.39, 0.29) is 11.8 Å². The molecule has 104 valence electrons. The van der Waals surface area contributed by atoms with Gasteiger partial charge in [0.25, 0.3) is 0 Å². The number of ketones is 1. The van der Waals surface area contributed by atoms with E-state index in [9.17, 15) is 4.79 Å². The fraction of sp³-hybridized carbons (Fsp3) is 0.211. The molecule has 2 aromatic carbocycles. The van der Waals surface area contributed by atoms with E-state index in [1.165, 1.54) is 22.0 Å². The SMILES string of the molecule is CCc1c2n(c3ccccc13)[C@H](c1ccccc1)CC2=O. The molecule has 0 amide bonds. The van der Waals surface area contributed by atoms with Crippen LogP contribution in [0.15, 0.2) is 54.6 Å². The number of rotatable bonds is 2. The maximum absolute atomic E-state index is 12.6.